The van der Waals surface area contributed by atoms with Crippen LogP contribution in [0.25, 0.3) is 0 Å². The lowest BCUT2D eigenvalue weighted by Gasteiger charge is -2.22. The van der Waals surface area contributed by atoms with E-state index in [0.29, 0.717) is 18.6 Å². The van der Waals surface area contributed by atoms with E-state index in [1.165, 1.54) is 0 Å². The first kappa shape index (κ1) is 11.9. The van der Waals surface area contributed by atoms with Crippen LogP contribution < -0.4 is 5.90 Å². The summed E-state index contributed by atoms with van der Waals surface area (Å²) < 4.78 is 0. The lowest BCUT2D eigenvalue weighted by Crippen LogP contribution is -2.29. The van der Waals surface area contributed by atoms with Crippen molar-refractivity contribution in [2.75, 3.05) is 20.2 Å². The van der Waals surface area contributed by atoms with Crippen molar-refractivity contribution in [3.63, 3.8) is 0 Å². The Balaban J connectivity index is 3.40. The van der Waals surface area contributed by atoms with E-state index in [0.717, 1.165) is 13.0 Å². The fourth-order valence-corrected chi connectivity index (χ4v) is 0.930. The molecule has 0 heterocycles. The van der Waals surface area contributed by atoms with Crippen molar-refractivity contribution in [1.29, 1.82) is 0 Å². The van der Waals surface area contributed by atoms with Crippen LogP contribution in [0, 0.1) is 5.92 Å². The van der Waals surface area contributed by atoms with Crippen LogP contribution in [0.4, 0.5) is 0 Å². The van der Waals surface area contributed by atoms with Crippen LogP contribution in [0.15, 0.2) is 0 Å². The van der Waals surface area contributed by atoms with Gasteiger partial charge in [0.1, 0.15) is 0 Å². The molecule has 0 aromatic carbocycles. The van der Waals surface area contributed by atoms with E-state index < -0.39 is 0 Å². The largest absolute Gasteiger partial charge is 0.304 e. The molecule has 0 radical (unpaired) electrons. The van der Waals surface area contributed by atoms with Gasteiger partial charge in [0.15, 0.2) is 0 Å². The predicted octanol–water partition coefficient (Wildman–Crippen LogP) is 1.24. The molecule has 0 fully saturated rings. The minimum atomic E-state index is 0.552. The quantitative estimate of drug-likeness (QED) is 0.616. The molecular formula is C9H22N2O. The van der Waals surface area contributed by atoms with E-state index in [4.69, 9.17) is 5.90 Å². The molecule has 2 N–H and O–H groups in total. The molecule has 3 heteroatoms. The van der Waals surface area contributed by atoms with Crippen LogP contribution in [0.2, 0.25) is 0 Å². The summed E-state index contributed by atoms with van der Waals surface area (Å²) in [7, 11) is 2.14. The molecule has 0 saturated heterocycles. The predicted molar refractivity (Wildman–Crippen MR) is 51.7 cm³/mol. The molecule has 0 saturated carbocycles. The average molecular weight is 174 g/mol. The van der Waals surface area contributed by atoms with Crippen molar-refractivity contribution in [2.45, 2.75) is 33.2 Å². The SMILES string of the molecule is CC(CCN(C)C(C)C)CON. The van der Waals surface area contributed by atoms with Crippen molar-refractivity contribution in [3.8, 4) is 0 Å². The minimum Gasteiger partial charge on any atom is -0.304 e. The molecule has 1 unspecified atom stereocenters. The Morgan fingerprint density at radius 1 is 1.33 bits per heavy atom. The first-order valence-electron chi connectivity index (χ1n) is 4.59. The molecule has 0 aliphatic carbocycles. The monoisotopic (exact) mass is 174 g/mol. The normalized spacial score (nSPS) is 14.2. The Labute approximate surface area is 75.8 Å². The van der Waals surface area contributed by atoms with E-state index in [9.17, 15) is 0 Å². The molecule has 0 aliphatic rings. The van der Waals surface area contributed by atoms with Gasteiger partial charge < -0.3 is 9.74 Å². The maximum Gasteiger partial charge on any atom is 0.0705 e. The van der Waals surface area contributed by atoms with E-state index in [1.807, 2.05) is 0 Å². The topological polar surface area (TPSA) is 38.5 Å². The van der Waals surface area contributed by atoms with Crippen LogP contribution in [-0.2, 0) is 4.84 Å². The maximum absolute atomic E-state index is 4.98. The lowest BCUT2D eigenvalue weighted by atomic mass is 10.1. The Hall–Kier alpha value is -0.120. The molecule has 1 atom stereocenters. The zero-order valence-electron chi connectivity index (χ0n) is 8.71. The molecule has 0 rings (SSSR count). The van der Waals surface area contributed by atoms with E-state index in [1.54, 1.807) is 0 Å². The Bertz CT molecular complexity index is 107. The molecular weight excluding hydrogens is 152 g/mol. The van der Waals surface area contributed by atoms with Gasteiger partial charge in [-0.15, -0.1) is 0 Å². The summed E-state index contributed by atoms with van der Waals surface area (Å²) in [5.41, 5.74) is 0. The first-order valence-corrected chi connectivity index (χ1v) is 4.59. The van der Waals surface area contributed by atoms with Crippen molar-refractivity contribution in [1.82, 2.24) is 4.90 Å². The molecule has 0 bridgehead atoms. The summed E-state index contributed by atoms with van der Waals surface area (Å²) >= 11 is 0. The van der Waals surface area contributed by atoms with Gasteiger partial charge in [-0.1, -0.05) is 6.92 Å². The summed E-state index contributed by atoms with van der Waals surface area (Å²) in [6.07, 6.45) is 1.14. The van der Waals surface area contributed by atoms with Gasteiger partial charge in [-0.25, -0.2) is 5.90 Å². The zero-order chi connectivity index (χ0) is 9.56. The third kappa shape index (κ3) is 5.52. The van der Waals surface area contributed by atoms with Gasteiger partial charge in [-0.3, -0.25) is 0 Å². The van der Waals surface area contributed by atoms with Crippen molar-refractivity contribution < 1.29 is 4.84 Å². The Morgan fingerprint density at radius 3 is 2.33 bits per heavy atom. The van der Waals surface area contributed by atoms with E-state index in [-0.39, 0.29) is 0 Å². The highest BCUT2D eigenvalue weighted by atomic mass is 16.6. The number of hydrogen-bond donors (Lipinski definition) is 1. The second kappa shape index (κ2) is 6.40. The van der Waals surface area contributed by atoms with Crippen molar-refractivity contribution >= 4 is 0 Å². The third-order valence-corrected chi connectivity index (χ3v) is 2.24. The van der Waals surface area contributed by atoms with Gasteiger partial charge in [-0.2, -0.15) is 0 Å². The second-order valence-electron chi connectivity index (χ2n) is 3.80. The number of hydrogen-bond acceptors (Lipinski definition) is 3. The van der Waals surface area contributed by atoms with Crippen molar-refractivity contribution in [3.05, 3.63) is 0 Å². The van der Waals surface area contributed by atoms with Gasteiger partial charge in [0.25, 0.3) is 0 Å². The van der Waals surface area contributed by atoms with Crippen LogP contribution in [-0.4, -0.2) is 31.1 Å². The van der Waals surface area contributed by atoms with Crippen LogP contribution >= 0.6 is 0 Å². The van der Waals surface area contributed by atoms with Crippen LogP contribution in [0.3, 0.4) is 0 Å². The zero-order valence-corrected chi connectivity index (χ0v) is 8.71. The highest BCUT2D eigenvalue weighted by Gasteiger charge is 2.06. The number of nitrogens with zero attached hydrogens (tertiary/aromatic N) is 1. The maximum atomic E-state index is 4.98. The van der Waals surface area contributed by atoms with Gasteiger partial charge in [-0.05, 0) is 39.8 Å². The first-order chi connectivity index (χ1) is 5.57. The molecule has 0 spiro atoms. The summed E-state index contributed by atoms with van der Waals surface area (Å²) in [4.78, 5) is 6.90. The highest BCUT2D eigenvalue weighted by molar-refractivity contribution is 4.59. The van der Waals surface area contributed by atoms with Crippen LogP contribution in [0.1, 0.15) is 27.2 Å². The fourth-order valence-electron chi connectivity index (χ4n) is 0.930. The molecule has 12 heavy (non-hydrogen) atoms. The summed E-state index contributed by atoms with van der Waals surface area (Å²) in [6, 6.07) is 0.621. The molecule has 0 aliphatic heterocycles. The van der Waals surface area contributed by atoms with Gasteiger partial charge >= 0.3 is 0 Å². The van der Waals surface area contributed by atoms with Gasteiger partial charge in [0, 0.05) is 6.04 Å². The Morgan fingerprint density at radius 2 is 1.92 bits per heavy atom. The third-order valence-electron chi connectivity index (χ3n) is 2.24. The standard InChI is InChI=1S/C9H22N2O/c1-8(2)11(4)6-5-9(3)7-12-10/h8-9H,5-7,10H2,1-4H3. The van der Waals surface area contributed by atoms with Gasteiger partial charge in [0.05, 0.1) is 6.61 Å². The van der Waals surface area contributed by atoms with Crippen molar-refractivity contribution in [2.24, 2.45) is 11.8 Å². The lowest BCUT2D eigenvalue weighted by molar-refractivity contribution is 0.0984. The molecule has 0 aromatic heterocycles. The summed E-state index contributed by atoms with van der Waals surface area (Å²) in [5.74, 6) is 5.53. The highest BCUT2D eigenvalue weighted by Crippen LogP contribution is 2.04. The number of rotatable bonds is 6. The smallest absolute Gasteiger partial charge is 0.0705 e. The van der Waals surface area contributed by atoms with Crippen LogP contribution in [0.5, 0.6) is 0 Å². The minimum absolute atomic E-state index is 0.552. The van der Waals surface area contributed by atoms with E-state index >= 15 is 0 Å². The molecule has 3 nitrogen and oxygen atoms in total. The number of nitrogens with two attached hydrogens (primary N) is 1. The molecule has 0 aromatic rings. The fraction of sp³-hybridized carbons (Fsp3) is 1.00. The molecule has 74 valence electrons. The molecule has 0 amide bonds. The van der Waals surface area contributed by atoms with Gasteiger partial charge in [0.2, 0.25) is 0 Å². The summed E-state index contributed by atoms with van der Waals surface area (Å²) in [6.45, 7) is 8.32. The average Bonchev–Trinajstić information content (AvgIpc) is 2.00. The second-order valence-corrected chi connectivity index (χ2v) is 3.80. The van der Waals surface area contributed by atoms with E-state index in [2.05, 4.69) is 37.6 Å². The Kier molecular flexibility index (Phi) is 6.34. The summed E-state index contributed by atoms with van der Waals surface area (Å²) in [5, 5.41) is 0.